The standard InChI is InChI=1S/C11H15F2N3O2S/c1-16-10(19-6-8(17)18)14-9(15-16)7-2-4-11(12,13)5-3-7/h7H,2-6H2,1H3,(H,17,18). The lowest BCUT2D eigenvalue weighted by Crippen LogP contribution is -2.24. The van der Waals surface area contributed by atoms with E-state index in [1.54, 1.807) is 7.05 Å². The summed E-state index contributed by atoms with van der Waals surface area (Å²) in [5.74, 6) is -3.08. The van der Waals surface area contributed by atoms with Gasteiger partial charge in [-0.25, -0.2) is 18.4 Å². The number of hydrogen-bond donors (Lipinski definition) is 1. The number of rotatable bonds is 4. The van der Waals surface area contributed by atoms with Crippen LogP contribution in [0.25, 0.3) is 0 Å². The van der Waals surface area contributed by atoms with E-state index in [2.05, 4.69) is 10.1 Å². The first kappa shape index (κ1) is 14.2. The molecular weight excluding hydrogens is 276 g/mol. The predicted octanol–water partition coefficient (Wildman–Crippen LogP) is 2.28. The average Bonchev–Trinajstić information content (AvgIpc) is 2.68. The zero-order valence-electron chi connectivity index (χ0n) is 10.5. The highest BCUT2D eigenvalue weighted by Crippen LogP contribution is 2.40. The Morgan fingerprint density at radius 1 is 1.53 bits per heavy atom. The van der Waals surface area contributed by atoms with Crippen LogP contribution in [0.15, 0.2) is 5.16 Å². The number of carbonyl (C=O) groups is 1. The van der Waals surface area contributed by atoms with Crippen LogP contribution in [0.5, 0.6) is 0 Å². The predicted molar refractivity (Wildman–Crippen MR) is 65.5 cm³/mol. The summed E-state index contributed by atoms with van der Waals surface area (Å²) in [6, 6.07) is 0. The van der Waals surface area contributed by atoms with Crippen molar-refractivity contribution in [3.63, 3.8) is 0 Å². The van der Waals surface area contributed by atoms with Crippen molar-refractivity contribution in [1.82, 2.24) is 14.8 Å². The molecule has 1 aromatic heterocycles. The summed E-state index contributed by atoms with van der Waals surface area (Å²) >= 11 is 1.08. The first-order valence-corrected chi connectivity index (χ1v) is 6.99. The van der Waals surface area contributed by atoms with Crippen molar-refractivity contribution >= 4 is 17.7 Å². The molecule has 5 nitrogen and oxygen atoms in total. The molecule has 0 unspecified atom stereocenters. The molecule has 0 radical (unpaired) electrons. The van der Waals surface area contributed by atoms with Crippen molar-refractivity contribution in [2.24, 2.45) is 7.05 Å². The lowest BCUT2D eigenvalue weighted by Gasteiger charge is -2.26. The number of carboxylic acid groups (broad SMARTS) is 1. The second-order valence-corrected chi connectivity index (χ2v) is 5.63. The van der Waals surface area contributed by atoms with E-state index in [4.69, 9.17) is 5.11 Å². The Bertz CT molecular complexity index is 469. The number of halogens is 2. The number of hydrogen-bond acceptors (Lipinski definition) is 4. The van der Waals surface area contributed by atoms with Gasteiger partial charge < -0.3 is 5.11 Å². The normalized spacial score (nSPS) is 19.5. The van der Waals surface area contributed by atoms with Crippen molar-refractivity contribution in [1.29, 1.82) is 0 Å². The molecule has 19 heavy (non-hydrogen) atoms. The monoisotopic (exact) mass is 291 g/mol. The number of thioether (sulfide) groups is 1. The van der Waals surface area contributed by atoms with Gasteiger partial charge in [0, 0.05) is 25.8 Å². The van der Waals surface area contributed by atoms with Crippen LogP contribution in [0, 0.1) is 0 Å². The summed E-state index contributed by atoms with van der Waals surface area (Å²) in [6.45, 7) is 0. The van der Waals surface area contributed by atoms with Gasteiger partial charge in [-0.05, 0) is 12.8 Å². The molecule has 1 saturated carbocycles. The van der Waals surface area contributed by atoms with Gasteiger partial charge in [0.1, 0.15) is 0 Å². The molecule has 2 rings (SSSR count). The molecule has 8 heteroatoms. The van der Waals surface area contributed by atoms with Crippen LogP contribution in [-0.2, 0) is 11.8 Å². The number of alkyl halides is 2. The highest BCUT2D eigenvalue weighted by Gasteiger charge is 2.36. The maximum atomic E-state index is 13.1. The van der Waals surface area contributed by atoms with E-state index in [9.17, 15) is 13.6 Å². The Kier molecular flexibility index (Phi) is 4.07. The minimum absolute atomic E-state index is 0.0509. The zero-order valence-corrected chi connectivity index (χ0v) is 11.3. The van der Waals surface area contributed by atoms with E-state index in [-0.39, 0.29) is 24.5 Å². The highest BCUT2D eigenvalue weighted by atomic mass is 32.2. The Morgan fingerprint density at radius 2 is 2.16 bits per heavy atom. The number of carboxylic acids is 1. The molecule has 0 spiro atoms. The van der Waals surface area contributed by atoms with Crippen LogP contribution in [0.4, 0.5) is 8.78 Å². The van der Waals surface area contributed by atoms with Gasteiger partial charge in [0.2, 0.25) is 5.92 Å². The lowest BCUT2D eigenvalue weighted by atomic mass is 9.86. The van der Waals surface area contributed by atoms with Gasteiger partial charge in [0.25, 0.3) is 0 Å². The van der Waals surface area contributed by atoms with Crippen LogP contribution in [0.2, 0.25) is 0 Å². The van der Waals surface area contributed by atoms with Gasteiger partial charge in [-0.15, -0.1) is 0 Å². The molecule has 1 aliphatic carbocycles. The van der Waals surface area contributed by atoms with Crippen LogP contribution >= 0.6 is 11.8 Å². The largest absolute Gasteiger partial charge is 0.481 e. The van der Waals surface area contributed by atoms with Gasteiger partial charge in [-0.1, -0.05) is 11.8 Å². The maximum Gasteiger partial charge on any atom is 0.313 e. The molecule has 0 amide bonds. The van der Waals surface area contributed by atoms with Gasteiger partial charge in [0.05, 0.1) is 5.75 Å². The molecular formula is C11H15F2N3O2S. The van der Waals surface area contributed by atoms with Crippen LogP contribution in [0.3, 0.4) is 0 Å². The molecule has 0 bridgehead atoms. The van der Waals surface area contributed by atoms with Crippen LogP contribution in [-0.4, -0.2) is 37.5 Å². The van der Waals surface area contributed by atoms with Crippen molar-refractivity contribution in [3.8, 4) is 0 Å². The number of aryl methyl sites for hydroxylation is 1. The number of aliphatic carboxylic acids is 1. The molecule has 1 fully saturated rings. The summed E-state index contributed by atoms with van der Waals surface area (Å²) in [5.41, 5.74) is 0. The van der Waals surface area contributed by atoms with E-state index in [0.29, 0.717) is 23.8 Å². The Balaban J connectivity index is 2.02. The zero-order chi connectivity index (χ0) is 14.0. The Morgan fingerprint density at radius 3 is 2.74 bits per heavy atom. The Labute approximate surface area is 113 Å². The fraction of sp³-hybridized carbons (Fsp3) is 0.727. The third kappa shape index (κ3) is 3.65. The first-order valence-electron chi connectivity index (χ1n) is 6.01. The average molecular weight is 291 g/mol. The van der Waals surface area contributed by atoms with Crippen LogP contribution < -0.4 is 0 Å². The first-order chi connectivity index (χ1) is 8.87. The summed E-state index contributed by atoms with van der Waals surface area (Å²) in [5, 5.41) is 13.3. The summed E-state index contributed by atoms with van der Waals surface area (Å²) in [7, 11) is 1.68. The molecule has 0 aromatic carbocycles. The van der Waals surface area contributed by atoms with E-state index < -0.39 is 11.9 Å². The minimum Gasteiger partial charge on any atom is -0.481 e. The summed E-state index contributed by atoms with van der Waals surface area (Å²) < 4.78 is 27.7. The molecule has 0 atom stereocenters. The fourth-order valence-electron chi connectivity index (χ4n) is 2.11. The third-order valence-electron chi connectivity index (χ3n) is 3.15. The topological polar surface area (TPSA) is 68.0 Å². The van der Waals surface area contributed by atoms with Crippen LogP contribution in [0.1, 0.15) is 37.4 Å². The van der Waals surface area contributed by atoms with Gasteiger partial charge >= 0.3 is 5.97 Å². The second kappa shape index (κ2) is 5.44. The maximum absolute atomic E-state index is 13.1. The van der Waals surface area contributed by atoms with Crippen molar-refractivity contribution < 1.29 is 18.7 Å². The molecule has 1 N–H and O–H groups in total. The molecule has 0 aliphatic heterocycles. The number of nitrogens with zero attached hydrogens (tertiary/aromatic N) is 3. The molecule has 1 aromatic rings. The second-order valence-electron chi connectivity index (χ2n) is 4.69. The minimum atomic E-state index is -2.56. The fourth-order valence-corrected chi connectivity index (χ4v) is 2.75. The SMILES string of the molecule is Cn1nc(C2CCC(F)(F)CC2)nc1SCC(=O)O. The van der Waals surface area contributed by atoms with E-state index in [1.807, 2.05) is 0 Å². The molecule has 106 valence electrons. The smallest absolute Gasteiger partial charge is 0.313 e. The van der Waals surface area contributed by atoms with Crippen molar-refractivity contribution in [3.05, 3.63) is 5.82 Å². The summed E-state index contributed by atoms with van der Waals surface area (Å²) in [6.07, 6.45) is 0.487. The molecule has 1 heterocycles. The third-order valence-corrected chi connectivity index (χ3v) is 4.15. The lowest BCUT2D eigenvalue weighted by molar-refractivity contribution is -0.133. The summed E-state index contributed by atoms with van der Waals surface area (Å²) in [4.78, 5) is 14.8. The number of aromatic nitrogens is 3. The van der Waals surface area contributed by atoms with Gasteiger partial charge in [-0.3, -0.25) is 4.79 Å². The van der Waals surface area contributed by atoms with E-state index >= 15 is 0 Å². The molecule has 0 saturated heterocycles. The van der Waals surface area contributed by atoms with E-state index in [0.717, 1.165) is 11.8 Å². The Hall–Kier alpha value is -1.18. The van der Waals surface area contributed by atoms with E-state index in [1.165, 1.54) is 4.68 Å². The molecule has 1 aliphatic rings. The van der Waals surface area contributed by atoms with Gasteiger partial charge in [0.15, 0.2) is 11.0 Å². The van der Waals surface area contributed by atoms with Gasteiger partial charge in [-0.2, -0.15) is 5.10 Å². The van der Waals surface area contributed by atoms with Crippen molar-refractivity contribution in [2.45, 2.75) is 42.7 Å². The highest BCUT2D eigenvalue weighted by molar-refractivity contribution is 7.99. The van der Waals surface area contributed by atoms with Crippen molar-refractivity contribution in [2.75, 3.05) is 5.75 Å². The quantitative estimate of drug-likeness (QED) is 0.862.